The minimum absolute atomic E-state index is 0.0323. The van der Waals surface area contributed by atoms with Gasteiger partial charge >= 0.3 is 12.1 Å². The Hall–Kier alpha value is -3.80. The molecular formula is C21H17F3N2O4. The van der Waals surface area contributed by atoms with Crippen LogP contribution in [0.2, 0.25) is 0 Å². The third-order valence-corrected chi connectivity index (χ3v) is 3.89. The Morgan fingerprint density at radius 3 is 2.53 bits per heavy atom. The highest BCUT2D eigenvalue weighted by molar-refractivity contribution is 6.16. The molecule has 2 aromatic carbocycles. The number of oxime groups is 1. The van der Waals surface area contributed by atoms with Crippen LogP contribution in [-0.4, -0.2) is 25.9 Å². The lowest BCUT2D eigenvalue weighted by Crippen LogP contribution is -2.08. The zero-order chi connectivity index (χ0) is 22.1. The van der Waals surface area contributed by atoms with Gasteiger partial charge in [0.2, 0.25) is 0 Å². The van der Waals surface area contributed by atoms with Crippen LogP contribution >= 0.6 is 0 Å². The van der Waals surface area contributed by atoms with Crippen molar-refractivity contribution in [3.63, 3.8) is 0 Å². The largest absolute Gasteiger partial charge is 0.503 e. The van der Waals surface area contributed by atoms with Crippen LogP contribution in [0.25, 0.3) is 5.57 Å². The summed E-state index contributed by atoms with van der Waals surface area (Å²) in [7, 11) is 2.60. The first-order valence-electron chi connectivity index (χ1n) is 8.49. The van der Waals surface area contributed by atoms with Gasteiger partial charge in [0.15, 0.2) is 5.71 Å². The molecule has 0 bridgehead atoms. The number of rotatable bonds is 7. The zero-order valence-electron chi connectivity index (χ0n) is 16.1. The lowest BCUT2D eigenvalue weighted by atomic mass is 10.0. The molecule has 9 heteroatoms. The fourth-order valence-electron chi connectivity index (χ4n) is 2.51. The molecule has 0 aliphatic carbocycles. The van der Waals surface area contributed by atoms with Gasteiger partial charge in [-0.1, -0.05) is 41.6 Å². The molecule has 6 nitrogen and oxygen atoms in total. The molecule has 0 fully saturated rings. The standard InChI is InChI=1S/C21H17F3N2O4/c1-28-13-18(20(27)29-2)17-9-4-3-6-15(17)12-30-26-19(11-25)14-7-5-8-16(10-14)21(22,23)24/h3-10,13H,12H2,1-2H3. The minimum Gasteiger partial charge on any atom is -0.503 e. The molecular weight excluding hydrogens is 401 g/mol. The van der Waals surface area contributed by atoms with Crippen LogP contribution in [0.4, 0.5) is 13.2 Å². The van der Waals surface area contributed by atoms with Crippen LogP contribution in [0.3, 0.4) is 0 Å². The van der Waals surface area contributed by atoms with E-state index in [1.807, 2.05) is 0 Å². The minimum atomic E-state index is -4.55. The normalized spacial score (nSPS) is 12.1. The molecule has 0 radical (unpaired) electrons. The molecule has 0 saturated heterocycles. The second kappa shape index (κ2) is 10.1. The smallest absolute Gasteiger partial charge is 0.416 e. The Bertz CT molecular complexity index is 1010. The van der Waals surface area contributed by atoms with Crippen molar-refractivity contribution < 1.29 is 32.3 Å². The number of benzene rings is 2. The number of nitriles is 1. The highest BCUT2D eigenvalue weighted by Crippen LogP contribution is 2.29. The lowest BCUT2D eigenvalue weighted by Gasteiger charge is -2.11. The molecule has 0 spiro atoms. The van der Waals surface area contributed by atoms with E-state index in [-0.39, 0.29) is 23.5 Å². The van der Waals surface area contributed by atoms with E-state index >= 15 is 0 Å². The third kappa shape index (κ3) is 5.61. The molecule has 0 aliphatic heterocycles. The summed E-state index contributed by atoms with van der Waals surface area (Å²) in [5, 5.41) is 12.9. The number of alkyl halides is 3. The van der Waals surface area contributed by atoms with Gasteiger partial charge in [-0.15, -0.1) is 0 Å². The number of methoxy groups -OCH3 is 2. The molecule has 2 aromatic rings. The zero-order valence-corrected chi connectivity index (χ0v) is 16.1. The van der Waals surface area contributed by atoms with Crippen LogP contribution in [0.15, 0.2) is 59.9 Å². The maximum atomic E-state index is 12.9. The average Bonchev–Trinajstić information content (AvgIpc) is 2.74. The van der Waals surface area contributed by atoms with Crippen molar-refractivity contribution in [2.45, 2.75) is 12.8 Å². The molecule has 0 N–H and O–H groups in total. The molecule has 156 valence electrons. The number of hydrogen-bond acceptors (Lipinski definition) is 6. The summed E-state index contributed by atoms with van der Waals surface area (Å²) in [6.07, 6.45) is -3.33. The van der Waals surface area contributed by atoms with Crippen LogP contribution in [-0.2, 0) is 31.9 Å². The quantitative estimate of drug-likeness (QED) is 0.220. The Kier molecular flexibility index (Phi) is 7.58. The lowest BCUT2D eigenvalue weighted by molar-refractivity contribution is -0.137. The number of halogens is 3. The predicted octanol–water partition coefficient (Wildman–Crippen LogP) is 4.31. The van der Waals surface area contributed by atoms with Crippen molar-refractivity contribution in [3.05, 3.63) is 77.0 Å². The van der Waals surface area contributed by atoms with Crippen molar-refractivity contribution in [3.8, 4) is 6.07 Å². The van der Waals surface area contributed by atoms with Gasteiger partial charge in [0, 0.05) is 11.1 Å². The van der Waals surface area contributed by atoms with Crippen molar-refractivity contribution in [2.24, 2.45) is 5.16 Å². The van der Waals surface area contributed by atoms with Gasteiger partial charge in [0.1, 0.15) is 18.2 Å². The van der Waals surface area contributed by atoms with Gasteiger partial charge in [0.05, 0.1) is 26.0 Å². The summed E-state index contributed by atoms with van der Waals surface area (Å²) < 4.78 is 48.3. The van der Waals surface area contributed by atoms with Gasteiger partial charge in [-0.2, -0.15) is 18.4 Å². The van der Waals surface area contributed by atoms with Crippen molar-refractivity contribution in [2.75, 3.05) is 14.2 Å². The molecule has 0 atom stereocenters. The highest BCUT2D eigenvalue weighted by Gasteiger charge is 2.30. The second-order valence-corrected chi connectivity index (χ2v) is 5.82. The average molecular weight is 418 g/mol. The molecule has 0 aromatic heterocycles. The highest BCUT2D eigenvalue weighted by atomic mass is 19.4. The van der Waals surface area contributed by atoms with E-state index in [1.54, 1.807) is 30.3 Å². The summed E-state index contributed by atoms with van der Waals surface area (Å²) >= 11 is 0. The summed E-state index contributed by atoms with van der Waals surface area (Å²) in [6.45, 7) is -0.154. The maximum absolute atomic E-state index is 12.9. The first-order valence-corrected chi connectivity index (χ1v) is 8.49. The fourth-order valence-corrected chi connectivity index (χ4v) is 2.51. The Morgan fingerprint density at radius 1 is 1.17 bits per heavy atom. The Morgan fingerprint density at radius 2 is 1.90 bits per heavy atom. The number of nitrogens with zero attached hydrogens (tertiary/aromatic N) is 2. The van der Waals surface area contributed by atoms with Gasteiger partial charge in [0.25, 0.3) is 0 Å². The number of ether oxygens (including phenoxy) is 2. The van der Waals surface area contributed by atoms with E-state index in [9.17, 15) is 23.2 Å². The first-order chi connectivity index (χ1) is 14.3. The van der Waals surface area contributed by atoms with Gasteiger partial charge in [-0.3, -0.25) is 0 Å². The van der Waals surface area contributed by atoms with Crippen LogP contribution < -0.4 is 0 Å². The van der Waals surface area contributed by atoms with E-state index in [0.29, 0.717) is 11.1 Å². The number of hydrogen-bond donors (Lipinski definition) is 0. The van der Waals surface area contributed by atoms with Crippen LogP contribution in [0, 0.1) is 11.3 Å². The summed E-state index contributed by atoms with van der Waals surface area (Å²) in [6, 6.07) is 12.6. The SMILES string of the molecule is COC=C(C(=O)OC)c1ccccc1CON=C(C#N)c1cccc(C(F)(F)F)c1. The predicted molar refractivity (Wildman–Crippen MR) is 102 cm³/mol. The number of carbonyl (C=O) groups is 1. The maximum Gasteiger partial charge on any atom is 0.416 e. The van der Waals surface area contributed by atoms with Crippen LogP contribution in [0.1, 0.15) is 22.3 Å². The summed E-state index contributed by atoms with van der Waals surface area (Å²) in [4.78, 5) is 17.2. The van der Waals surface area contributed by atoms with E-state index in [0.717, 1.165) is 12.1 Å². The number of carbonyl (C=O) groups excluding carboxylic acids is 1. The first kappa shape index (κ1) is 22.5. The topological polar surface area (TPSA) is 80.9 Å². The molecule has 30 heavy (non-hydrogen) atoms. The third-order valence-electron chi connectivity index (χ3n) is 3.89. The Labute approximate surface area is 170 Å². The molecule has 0 unspecified atom stereocenters. The van der Waals surface area contributed by atoms with Gasteiger partial charge in [-0.25, -0.2) is 4.79 Å². The van der Waals surface area contributed by atoms with E-state index in [2.05, 4.69) is 5.16 Å². The summed E-state index contributed by atoms with van der Waals surface area (Å²) in [5.41, 5.74) is -0.133. The van der Waals surface area contributed by atoms with Crippen molar-refractivity contribution >= 4 is 17.3 Å². The molecule has 0 amide bonds. The molecule has 0 aliphatic rings. The van der Waals surface area contributed by atoms with Crippen molar-refractivity contribution in [1.29, 1.82) is 5.26 Å². The van der Waals surface area contributed by atoms with Crippen molar-refractivity contribution in [1.82, 2.24) is 0 Å². The van der Waals surface area contributed by atoms with Crippen LogP contribution in [0.5, 0.6) is 0 Å². The van der Waals surface area contributed by atoms with E-state index in [1.165, 1.54) is 32.6 Å². The molecule has 0 heterocycles. The summed E-state index contributed by atoms with van der Waals surface area (Å²) in [5.74, 6) is -0.630. The van der Waals surface area contributed by atoms with Gasteiger partial charge in [-0.05, 0) is 17.7 Å². The second-order valence-electron chi connectivity index (χ2n) is 5.82. The van der Waals surface area contributed by atoms with E-state index in [4.69, 9.17) is 14.3 Å². The molecule has 0 saturated carbocycles. The van der Waals surface area contributed by atoms with E-state index < -0.39 is 17.7 Å². The monoisotopic (exact) mass is 418 g/mol. The fraction of sp³-hybridized carbons (Fsp3) is 0.190. The van der Waals surface area contributed by atoms with Gasteiger partial charge < -0.3 is 14.3 Å². The Balaban J connectivity index is 2.28. The molecule has 2 rings (SSSR count). The number of esters is 1.